The second kappa shape index (κ2) is 21.5. The molecule has 2 aliphatic heterocycles. The molecule has 0 spiro atoms. The Labute approximate surface area is 320 Å². The SMILES string of the molecule is C#CCCCCCC[C@@H](C)C(=O)N(C)[C@H](C(=O)N(C)[C@H](C(=O)N1CCC[C@H]1C(=O)N(C)[C@H](C(=O)N1CCC[C@H]1C(=O)CC)C(C)C)[C@@H](C)CC)C(C)C. The molecular weight excluding hydrogens is 670 g/mol. The number of nitrogens with zero attached hydrogens (tertiary/aromatic N) is 5. The lowest BCUT2D eigenvalue weighted by atomic mass is 9.93. The largest absolute Gasteiger partial charge is 0.333 e. The first-order valence-corrected chi connectivity index (χ1v) is 20.3. The number of Topliss-reactive ketones (excluding diaryl/α,β-unsaturated/α-hetero) is 1. The third-order valence-electron chi connectivity index (χ3n) is 11.7. The molecule has 2 fully saturated rings. The third-order valence-corrected chi connectivity index (χ3v) is 11.7. The van der Waals surface area contributed by atoms with Gasteiger partial charge in [-0.15, -0.1) is 12.3 Å². The monoisotopic (exact) mass is 742 g/mol. The smallest absolute Gasteiger partial charge is 0.246 e. The van der Waals surface area contributed by atoms with E-state index < -0.39 is 30.2 Å². The predicted octanol–water partition coefficient (Wildman–Crippen LogP) is 5.40. The standard InChI is InChI=1S/C42H71N5O6/c1-13-16-17-18-19-20-23-31(9)38(49)43(10)35(28(4)5)40(51)45(12)37(30(8)14-2)42(53)47-27-22-25-33(47)39(50)44(11)36(29(6)7)41(52)46-26-21-24-32(46)34(48)15-3/h1,28-33,35-37H,14-27H2,2-12H3/t30-,31+,32-,33-,35-,36-,37-/m0/s1. The number of hydrogen-bond acceptors (Lipinski definition) is 6. The van der Waals surface area contributed by atoms with Crippen LogP contribution in [0.5, 0.6) is 0 Å². The van der Waals surface area contributed by atoms with Crippen molar-refractivity contribution in [3.05, 3.63) is 0 Å². The lowest BCUT2D eigenvalue weighted by molar-refractivity contribution is -0.157. The highest BCUT2D eigenvalue weighted by Gasteiger charge is 2.46. The molecule has 7 atom stereocenters. The van der Waals surface area contributed by atoms with Crippen LogP contribution in [0.25, 0.3) is 0 Å². The van der Waals surface area contributed by atoms with Gasteiger partial charge in [0.1, 0.15) is 24.2 Å². The molecule has 0 unspecified atom stereocenters. The Bertz CT molecular complexity index is 1310. The fraction of sp³-hybridized carbons (Fsp3) is 0.810. The van der Waals surface area contributed by atoms with Crippen molar-refractivity contribution in [1.29, 1.82) is 0 Å². The van der Waals surface area contributed by atoms with Crippen LogP contribution in [0.3, 0.4) is 0 Å². The fourth-order valence-electron chi connectivity index (χ4n) is 8.40. The van der Waals surface area contributed by atoms with Crippen LogP contribution in [-0.4, -0.2) is 124 Å². The zero-order valence-electron chi connectivity index (χ0n) is 34.9. The van der Waals surface area contributed by atoms with Gasteiger partial charge in [0.25, 0.3) is 0 Å². The summed E-state index contributed by atoms with van der Waals surface area (Å²) in [5, 5.41) is 0. The molecule has 2 aliphatic rings. The Balaban J connectivity index is 2.30. The predicted molar refractivity (Wildman–Crippen MR) is 209 cm³/mol. The molecular formula is C42H71N5O6. The first-order valence-electron chi connectivity index (χ1n) is 20.3. The quantitative estimate of drug-likeness (QED) is 0.122. The number of hydrogen-bond donors (Lipinski definition) is 0. The molecule has 0 aromatic heterocycles. The summed E-state index contributed by atoms with van der Waals surface area (Å²) in [6.45, 7) is 16.1. The van der Waals surface area contributed by atoms with Crippen molar-refractivity contribution in [2.24, 2.45) is 23.7 Å². The van der Waals surface area contributed by atoms with Gasteiger partial charge in [-0.25, -0.2) is 0 Å². The number of carbonyl (C=O) groups excluding carboxylic acids is 6. The van der Waals surface area contributed by atoms with Gasteiger partial charge < -0.3 is 24.5 Å². The van der Waals surface area contributed by atoms with Crippen LogP contribution in [0.1, 0.15) is 132 Å². The van der Waals surface area contributed by atoms with E-state index in [1.54, 1.807) is 42.8 Å². The third kappa shape index (κ3) is 11.3. The molecule has 0 radical (unpaired) electrons. The van der Waals surface area contributed by atoms with E-state index in [1.807, 2.05) is 48.5 Å². The van der Waals surface area contributed by atoms with Crippen molar-refractivity contribution in [1.82, 2.24) is 24.5 Å². The highest BCUT2D eigenvalue weighted by Crippen LogP contribution is 2.29. The van der Waals surface area contributed by atoms with Gasteiger partial charge in [0.05, 0.1) is 6.04 Å². The molecule has 2 rings (SSSR count). The molecule has 0 aromatic rings. The zero-order chi connectivity index (χ0) is 40.2. The molecule has 300 valence electrons. The second-order valence-corrected chi connectivity index (χ2v) is 16.3. The summed E-state index contributed by atoms with van der Waals surface area (Å²) in [6, 6.07) is -3.63. The summed E-state index contributed by atoms with van der Waals surface area (Å²) in [5.74, 6) is 0.562. The molecule has 0 aromatic carbocycles. The molecule has 53 heavy (non-hydrogen) atoms. The Hall–Kier alpha value is -3.42. The summed E-state index contributed by atoms with van der Waals surface area (Å²) in [6.07, 6.45) is 14.2. The van der Waals surface area contributed by atoms with Crippen LogP contribution < -0.4 is 0 Å². The van der Waals surface area contributed by atoms with E-state index in [4.69, 9.17) is 6.42 Å². The van der Waals surface area contributed by atoms with Crippen LogP contribution in [0, 0.1) is 36.0 Å². The number of rotatable bonds is 20. The molecule has 0 aliphatic carbocycles. The minimum Gasteiger partial charge on any atom is -0.333 e. The first kappa shape index (κ1) is 45.7. The van der Waals surface area contributed by atoms with Gasteiger partial charge in [-0.3, -0.25) is 28.8 Å². The van der Waals surface area contributed by atoms with E-state index in [2.05, 4.69) is 5.92 Å². The van der Waals surface area contributed by atoms with Crippen LogP contribution in [-0.2, 0) is 28.8 Å². The number of likely N-dealkylation sites (N-methyl/N-ethyl adjacent to an activating group) is 3. The van der Waals surface area contributed by atoms with Gasteiger partial charge in [0.2, 0.25) is 29.5 Å². The van der Waals surface area contributed by atoms with Gasteiger partial charge in [-0.1, -0.05) is 81.1 Å². The molecule has 0 bridgehead atoms. The van der Waals surface area contributed by atoms with Crippen molar-refractivity contribution in [3.63, 3.8) is 0 Å². The highest BCUT2D eigenvalue weighted by molar-refractivity contribution is 5.97. The maximum absolute atomic E-state index is 14.6. The molecule has 2 saturated heterocycles. The minimum absolute atomic E-state index is 0.0299. The van der Waals surface area contributed by atoms with Gasteiger partial charge in [-0.05, 0) is 56.3 Å². The van der Waals surface area contributed by atoms with Crippen LogP contribution in [0.2, 0.25) is 0 Å². The van der Waals surface area contributed by atoms with Crippen molar-refractivity contribution in [3.8, 4) is 12.3 Å². The van der Waals surface area contributed by atoms with Crippen molar-refractivity contribution in [2.75, 3.05) is 34.2 Å². The number of unbranched alkanes of at least 4 members (excludes halogenated alkanes) is 4. The van der Waals surface area contributed by atoms with Crippen LogP contribution >= 0.6 is 0 Å². The summed E-state index contributed by atoms with van der Waals surface area (Å²) in [4.78, 5) is 91.4. The lowest BCUT2D eigenvalue weighted by Crippen LogP contribution is -2.61. The van der Waals surface area contributed by atoms with E-state index in [0.717, 1.165) is 44.9 Å². The van der Waals surface area contributed by atoms with E-state index in [9.17, 15) is 28.8 Å². The summed E-state index contributed by atoms with van der Waals surface area (Å²) >= 11 is 0. The average molecular weight is 742 g/mol. The molecule has 5 amide bonds. The highest BCUT2D eigenvalue weighted by atomic mass is 16.2. The Morgan fingerprint density at radius 1 is 0.679 bits per heavy atom. The molecule has 2 heterocycles. The summed E-state index contributed by atoms with van der Waals surface area (Å²) < 4.78 is 0. The van der Waals surface area contributed by atoms with Crippen molar-refractivity contribution < 1.29 is 28.8 Å². The lowest BCUT2D eigenvalue weighted by Gasteiger charge is -2.41. The summed E-state index contributed by atoms with van der Waals surface area (Å²) in [5.41, 5.74) is 0. The van der Waals surface area contributed by atoms with E-state index in [1.165, 1.54) is 9.80 Å². The Kier molecular flexibility index (Phi) is 18.5. The maximum Gasteiger partial charge on any atom is 0.246 e. The minimum atomic E-state index is -0.843. The first-order chi connectivity index (χ1) is 25.0. The van der Waals surface area contributed by atoms with Gasteiger partial charge >= 0.3 is 0 Å². The van der Waals surface area contributed by atoms with Crippen molar-refractivity contribution >= 4 is 35.3 Å². The average Bonchev–Trinajstić information content (AvgIpc) is 3.82. The van der Waals surface area contributed by atoms with Gasteiger partial charge in [0.15, 0.2) is 5.78 Å². The van der Waals surface area contributed by atoms with E-state index in [0.29, 0.717) is 45.2 Å². The van der Waals surface area contributed by atoms with Gasteiger partial charge in [0, 0.05) is 53.0 Å². The van der Waals surface area contributed by atoms with Crippen LogP contribution in [0.15, 0.2) is 0 Å². The maximum atomic E-state index is 14.6. The number of amides is 5. The topological polar surface area (TPSA) is 119 Å². The number of likely N-dealkylation sites (tertiary alicyclic amines) is 2. The normalized spacial score (nSPS) is 20.1. The van der Waals surface area contributed by atoms with Gasteiger partial charge in [-0.2, -0.15) is 0 Å². The molecule has 11 heteroatoms. The van der Waals surface area contributed by atoms with Crippen molar-refractivity contribution in [2.45, 2.75) is 163 Å². The Morgan fingerprint density at radius 3 is 1.72 bits per heavy atom. The number of ketones is 1. The Morgan fingerprint density at radius 2 is 1.19 bits per heavy atom. The van der Waals surface area contributed by atoms with E-state index in [-0.39, 0.29) is 59.0 Å². The molecule has 0 N–H and O–H groups in total. The zero-order valence-corrected chi connectivity index (χ0v) is 34.9. The van der Waals surface area contributed by atoms with Crippen LogP contribution in [0.4, 0.5) is 0 Å². The fourth-order valence-corrected chi connectivity index (χ4v) is 8.40. The molecule has 11 nitrogen and oxygen atoms in total. The number of carbonyl (C=O) groups is 6. The second-order valence-electron chi connectivity index (χ2n) is 16.3. The van der Waals surface area contributed by atoms with E-state index >= 15 is 0 Å². The summed E-state index contributed by atoms with van der Waals surface area (Å²) in [7, 11) is 4.95. The number of terminal acetylenes is 1. The molecule has 0 saturated carbocycles.